The van der Waals surface area contributed by atoms with Crippen molar-refractivity contribution < 1.29 is 28.6 Å². The van der Waals surface area contributed by atoms with Crippen LogP contribution < -0.4 is 0 Å². The number of hydrogen-bond donors (Lipinski definition) is 1. The van der Waals surface area contributed by atoms with E-state index in [1.54, 1.807) is 4.90 Å². The number of aromatic hydroxyl groups is 1. The van der Waals surface area contributed by atoms with Gasteiger partial charge in [0.2, 0.25) is 5.91 Å². The molecule has 2 aliphatic rings. The Balaban J connectivity index is 1.63. The van der Waals surface area contributed by atoms with Crippen LogP contribution in [0.3, 0.4) is 0 Å². The van der Waals surface area contributed by atoms with Crippen molar-refractivity contribution in [3.63, 3.8) is 0 Å². The fourth-order valence-electron chi connectivity index (χ4n) is 4.46. The van der Waals surface area contributed by atoms with Crippen LogP contribution in [0.15, 0.2) is 48.5 Å². The quantitative estimate of drug-likeness (QED) is 0.781. The number of piperazine rings is 1. The molecule has 2 aliphatic heterocycles. The lowest BCUT2D eigenvalue weighted by molar-refractivity contribution is -0.147. The highest BCUT2D eigenvalue weighted by molar-refractivity contribution is 5.97. The van der Waals surface area contributed by atoms with Crippen LogP contribution in [0, 0.1) is 11.7 Å². The maximum atomic E-state index is 14.2. The van der Waals surface area contributed by atoms with Crippen molar-refractivity contribution in [1.82, 2.24) is 9.80 Å². The van der Waals surface area contributed by atoms with E-state index in [0.29, 0.717) is 6.42 Å². The smallest absolute Gasteiger partial charge is 0.311 e. The lowest BCUT2D eigenvalue weighted by atomic mass is 9.93. The van der Waals surface area contributed by atoms with Gasteiger partial charge in [-0.3, -0.25) is 14.4 Å². The Morgan fingerprint density at radius 2 is 1.90 bits per heavy atom. The van der Waals surface area contributed by atoms with E-state index < -0.39 is 29.7 Å². The van der Waals surface area contributed by atoms with Crippen LogP contribution in [-0.2, 0) is 14.3 Å². The number of carbonyl (C=O) groups excluding carboxylic acids is 3. The summed E-state index contributed by atoms with van der Waals surface area (Å²) in [6.07, 6.45) is 0.347. The number of esters is 1. The first-order chi connectivity index (χ1) is 14.4. The van der Waals surface area contributed by atoms with E-state index in [2.05, 4.69) is 0 Å². The van der Waals surface area contributed by atoms with Gasteiger partial charge >= 0.3 is 5.97 Å². The summed E-state index contributed by atoms with van der Waals surface area (Å²) in [6.45, 7) is -0.0331. The number of ether oxygens (including phenoxy) is 1. The molecule has 2 amide bonds. The minimum absolute atomic E-state index is 0.182. The highest BCUT2D eigenvalue weighted by Gasteiger charge is 2.51. The molecular weight excluding hydrogens is 391 g/mol. The Bertz CT molecular complexity index is 996. The molecule has 30 heavy (non-hydrogen) atoms. The van der Waals surface area contributed by atoms with Crippen molar-refractivity contribution in [3.05, 3.63) is 65.5 Å². The molecule has 0 bridgehead atoms. The number of hydrogen-bond acceptors (Lipinski definition) is 5. The molecule has 2 aromatic carbocycles. The third kappa shape index (κ3) is 3.38. The van der Waals surface area contributed by atoms with Crippen molar-refractivity contribution in [1.29, 1.82) is 0 Å². The molecular formula is C22H21FN2O5. The number of carbonyl (C=O) groups is 3. The Hall–Kier alpha value is -3.42. The molecule has 8 heteroatoms. The number of phenolic OH excluding ortho intramolecular Hbond substituents is 1. The lowest BCUT2D eigenvalue weighted by Crippen LogP contribution is -2.56. The number of halogens is 1. The molecule has 2 fully saturated rings. The molecule has 0 unspecified atom stereocenters. The number of fused-ring (bicyclic) bond motifs is 1. The Labute approximate surface area is 172 Å². The summed E-state index contributed by atoms with van der Waals surface area (Å²) < 4.78 is 19.1. The monoisotopic (exact) mass is 412 g/mol. The van der Waals surface area contributed by atoms with E-state index in [9.17, 15) is 23.9 Å². The van der Waals surface area contributed by atoms with E-state index in [-0.39, 0.29) is 36.4 Å². The largest absolute Gasteiger partial charge is 0.508 e. The molecule has 0 saturated carbocycles. The first-order valence-electron chi connectivity index (χ1n) is 9.62. The van der Waals surface area contributed by atoms with Crippen LogP contribution >= 0.6 is 0 Å². The molecule has 2 heterocycles. The fraction of sp³-hybridized carbons (Fsp3) is 0.318. The van der Waals surface area contributed by atoms with Crippen molar-refractivity contribution in [3.8, 4) is 5.75 Å². The molecule has 0 radical (unpaired) electrons. The number of methoxy groups -OCH3 is 1. The first kappa shape index (κ1) is 19.9. The van der Waals surface area contributed by atoms with Gasteiger partial charge in [-0.2, -0.15) is 0 Å². The van der Waals surface area contributed by atoms with Crippen molar-refractivity contribution in [2.75, 3.05) is 20.2 Å². The number of amides is 2. The van der Waals surface area contributed by atoms with Gasteiger partial charge in [0.15, 0.2) is 0 Å². The maximum Gasteiger partial charge on any atom is 0.311 e. The van der Waals surface area contributed by atoms with Gasteiger partial charge in [-0.25, -0.2) is 4.39 Å². The highest BCUT2D eigenvalue weighted by Crippen LogP contribution is 2.43. The SMILES string of the molecule is COC(=O)[C@H]1C[C@H]2CN(C(=O)c3ccc(O)cc3F)CC(=O)N2[C@H]1c1ccccc1. The van der Waals surface area contributed by atoms with Gasteiger partial charge in [0.1, 0.15) is 18.1 Å². The predicted octanol–water partition coefficient (Wildman–Crippen LogP) is 2.12. The minimum atomic E-state index is -0.851. The van der Waals surface area contributed by atoms with Crippen LogP contribution in [0.5, 0.6) is 5.75 Å². The molecule has 3 atom stereocenters. The molecule has 4 rings (SSSR count). The number of nitrogens with zero attached hydrogens (tertiary/aromatic N) is 2. The van der Waals surface area contributed by atoms with E-state index in [0.717, 1.165) is 11.6 Å². The summed E-state index contributed by atoms with van der Waals surface area (Å²) in [4.78, 5) is 41.3. The molecule has 2 aromatic rings. The highest BCUT2D eigenvalue weighted by atomic mass is 19.1. The van der Waals surface area contributed by atoms with Gasteiger partial charge in [0, 0.05) is 12.6 Å². The zero-order valence-corrected chi connectivity index (χ0v) is 16.3. The first-order valence-corrected chi connectivity index (χ1v) is 9.62. The maximum absolute atomic E-state index is 14.2. The average molecular weight is 412 g/mol. The standard InChI is InChI=1S/C22H21FN2O5/c1-30-22(29)17-9-14-11-24(21(28)16-8-7-15(26)10-18(16)23)12-19(27)25(14)20(17)13-5-3-2-4-6-13/h2-8,10,14,17,20,26H,9,11-12H2,1H3/t14-,17-,20-/m0/s1. The second-order valence-corrected chi connectivity index (χ2v) is 7.53. The Kier molecular flexibility index (Phi) is 5.15. The minimum Gasteiger partial charge on any atom is -0.508 e. The molecule has 0 aliphatic carbocycles. The third-order valence-electron chi connectivity index (χ3n) is 5.76. The second kappa shape index (κ2) is 7.78. The molecule has 0 spiro atoms. The molecule has 1 N–H and O–H groups in total. The van der Waals surface area contributed by atoms with E-state index in [1.165, 1.54) is 24.1 Å². The van der Waals surface area contributed by atoms with E-state index in [4.69, 9.17) is 4.74 Å². The van der Waals surface area contributed by atoms with Gasteiger partial charge in [0.05, 0.1) is 30.7 Å². The summed E-state index contributed by atoms with van der Waals surface area (Å²) in [5, 5.41) is 9.37. The van der Waals surface area contributed by atoms with Crippen LogP contribution in [0.2, 0.25) is 0 Å². The van der Waals surface area contributed by atoms with Crippen LogP contribution in [0.4, 0.5) is 4.39 Å². The summed E-state index contributed by atoms with van der Waals surface area (Å²) in [5.74, 6) is -3.03. The van der Waals surface area contributed by atoms with Crippen LogP contribution in [0.25, 0.3) is 0 Å². The van der Waals surface area contributed by atoms with Crippen molar-refractivity contribution in [2.45, 2.75) is 18.5 Å². The molecule has 2 saturated heterocycles. The van der Waals surface area contributed by atoms with E-state index in [1.807, 2.05) is 30.3 Å². The summed E-state index contributed by atoms with van der Waals surface area (Å²) in [5.41, 5.74) is 0.615. The Morgan fingerprint density at radius 1 is 1.17 bits per heavy atom. The average Bonchev–Trinajstić information content (AvgIpc) is 3.13. The van der Waals surface area contributed by atoms with E-state index >= 15 is 0 Å². The third-order valence-corrected chi connectivity index (χ3v) is 5.76. The number of rotatable bonds is 3. The Morgan fingerprint density at radius 3 is 2.57 bits per heavy atom. The topological polar surface area (TPSA) is 87.1 Å². The lowest BCUT2D eigenvalue weighted by Gasteiger charge is -2.40. The predicted molar refractivity (Wildman–Crippen MR) is 104 cm³/mol. The molecule has 0 aromatic heterocycles. The van der Waals surface area contributed by atoms with Gasteiger partial charge in [0.25, 0.3) is 5.91 Å². The van der Waals surface area contributed by atoms with Crippen LogP contribution in [-0.4, -0.2) is 58.9 Å². The number of phenols is 1. The zero-order chi connectivity index (χ0) is 21.4. The fourth-order valence-corrected chi connectivity index (χ4v) is 4.46. The summed E-state index contributed by atoms with van der Waals surface area (Å²) in [7, 11) is 1.31. The van der Waals surface area contributed by atoms with Gasteiger partial charge in [-0.1, -0.05) is 30.3 Å². The second-order valence-electron chi connectivity index (χ2n) is 7.53. The van der Waals surface area contributed by atoms with Gasteiger partial charge in [-0.15, -0.1) is 0 Å². The number of benzene rings is 2. The van der Waals surface area contributed by atoms with Crippen LogP contribution in [0.1, 0.15) is 28.4 Å². The zero-order valence-electron chi connectivity index (χ0n) is 16.3. The van der Waals surface area contributed by atoms with Gasteiger partial charge in [-0.05, 0) is 24.1 Å². The molecule has 7 nitrogen and oxygen atoms in total. The summed E-state index contributed by atoms with van der Waals surface area (Å²) >= 11 is 0. The normalized spacial score (nSPS) is 23.3. The molecule has 156 valence electrons. The van der Waals surface area contributed by atoms with Crippen molar-refractivity contribution >= 4 is 17.8 Å². The van der Waals surface area contributed by atoms with Crippen molar-refractivity contribution in [2.24, 2.45) is 5.92 Å². The van der Waals surface area contributed by atoms with Gasteiger partial charge < -0.3 is 19.6 Å². The summed E-state index contributed by atoms with van der Waals surface area (Å²) in [6, 6.07) is 11.7.